The van der Waals surface area contributed by atoms with E-state index in [-0.39, 0.29) is 80.9 Å². The topological polar surface area (TPSA) is 54.4 Å². The Balaban J connectivity index is -0.000000245. The van der Waals surface area contributed by atoms with E-state index in [9.17, 15) is 13.2 Å². The van der Waals surface area contributed by atoms with Crippen LogP contribution in [0.1, 0.15) is 0 Å². The van der Waals surface area contributed by atoms with E-state index in [0.29, 0.717) is 0 Å². The van der Waals surface area contributed by atoms with E-state index in [2.05, 4.69) is 0 Å². The molecule has 0 atom stereocenters. The molecule has 0 aliphatic carbocycles. The third-order valence-corrected chi connectivity index (χ3v) is 0.877. The monoisotopic (exact) mass is 214 g/mol. The molecule has 0 bridgehead atoms. The van der Waals surface area contributed by atoms with Gasteiger partial charge in [0.2, 0.25) is 0 Å². The van der Waals surface area contributed by atoms with Crippen molar-refractivity contribution < 1.29 is 26.1 Å². The van der Waals surface area contributed by atoms with Gasteiger partial charge in [0.25, 0.3) is 0 Å². The molecule has 0 unspecified atom stereocenters. The molecule has 10 heavy (non-hydrogen) atoms. The van der Waals surface area contributed by atoms with Crippen molar-refractivity contribution in [1.82, 2.24) is 0 Å². The van der Waals surface area contributed by atoms with Crippen molar-refractivity contribution in [3.8, 4) is 0 Å². The fourth-order valence-corrected chi connectivity index (χ4v) is 0. The molecule has 0 rings (SSSR count). The molecule has 0 aromatic heterocycles. The summed E-state index contributed by atoms with van der Waals surface area (Å²) < 4.78 is 57.5. The van der Waals surface area contributed by atoms with Gasteiger partial charge in [-0.2, -0.15) is 21.6 Å². The van der Waals surface area contributed by atoms with E-state index in [0.717, 1.165) is 0 Å². The second kappa shape index (κ2) is 5.89. The molecule has 1 N–H and O–H groups in total. The SMILES string of the molecule is O=S(=O)(O)C(F)(F)F.[KH].[NaH]. The zero-order valence-electron chi connectivity index (χ0n) is 3.31. The van der Waals surface area contributed by atoms with Gasteiger partial charge in [0.15, 0.2) is 0 Å². The fraction of sp³-hybridized carbons (Fsp3) is 1.00. The summed E-state index contributed by atoms with van der Waals surface area (Å²) in [5, 5.41) is 0. The second-order valence-corrected chi connectivity index (χ2v) is 2.33. The van der Waals surface area contributed by atoms with Crippen LogP contribution < -0.4 is 0 Å². The van der Waals surface area contributed by atoms with Crippen LogP contribution in [0.15, 0.2) is 0 Å². The molecule has 0 aromatic rings. The van der Waals surface area contributed by atoms with Gasteiger partial charge >= 0.3 is 96.6 Å². The molecule has 0 heterocycles. The Morgan fingerprint density at radius 2 is 1.30 bits per heavy atom. The van der Waals surface area contributed by atoms with Crippen LogP contribution in [0, 0.1) is 0 Å². The molecule has 0 aliphatic rings. The van der Waals surface area contributed by atoms with Crippen LogP contribution >= 0.6 is 0 Å². The van der Waals surface area contributed by atoms with Crippen LogP contribution in [-0.2, 0) is 10.1 Å². The zero-order chi connectivity index (χ0) is 7.00. The number of hydrogen-bond acceptors (Lipinski definition) is 2. The van der Waals surface area contributed by atoms with Gasteiger partial charge in [-0.05, 0) is 0 Å². The summed E-state index contributed by atoms with van der Waals surface area (Å²) in [5.74, 6) is 0. The van der Waals surface area contributed by atoms with E-state index in [1.54, 1.807) is 0 Å². The van der Waals surface area contributed by atoms with Crippen molar-refractivity contribution in [2.24, 2.45) is 0 Å². The molecule has 0 amide bonds. The Hall–Kier alpha value is 2.34. The molecule has 0 saturated heterocycles. The van der Waals surface area contributed by atoms with Gasteiger partial charge in [-0.3, -0.25) is 4.55 Å². The first-order valence-corrected chi connectivity index (χ1v) is 2.73. The Morgan fingerprint density at radius 1 is 1.20 bits per heavy atom. The first kappa shape index (κ1) is 18.2. The van der Waals surface area contributed by atoms with E-state index < -0.39 is 15.6 Å². The molecular weight excluding hydrogens is 211 g/mol. The Kier molecular flexibility index (Phi) is 10.7. The van der Waals surface area contributed by atoms with Crippen LogP contribution in [0.3, 0.4) is 0 Å². The molecule has 0 saturated carbocycles. The Labute approximate surface area is 120 Å². The Morgan fingerprint density at radius 3 is 1.30 bits per heavy atom. The summed E-state index contributed by atoms with van der Waals surface area (Å²) in [5.41, 5.74) is -5.53. The number of hydrogen-bond donors (Lipinski definition) is 1. The molecule has 9 heteroatoms. The maximum atomic E-state index is 10.7. The quantitative estimate of drug-likeness (QED) is 0.323. The predicted octanol–water partition coefficient (Wildman–Crippen LogP) is -0.903. The average Bonchev–Trinajstić information content (AvgIpc) is 1.25. The van der Waals surface area contributed by atoms with E-state index >= 15 is 0 Å². The number of rotatable bonds is 0. The molecule has 0 spiro atoms. The van der Waals surface area contributed by atoms with Crippen molar-refractivity contribution in [3.05, 3.63) is 0 Å². The summed E-state index contributed by atoms with van der Waals surface area (Å²) in [6.45, 7) is 0. The third kappa shape index (κ3) is 7.01. The van der Waals surface area contributed by atoms with Gasteiger partial charge < -0.3 is 0 Å². The minimum atomic E-state index is -5.84. The molecule has 0 fully saturated rings. The van der Waals surface area contributed by atoms with Gasteiger partial charge in [-0.25, -0.2) is 0 Å². The molecule has 0 radical (unpaired) electrons. The molecule has 54 valence electrons. The van der Waals surface area contributed by atoms with Crippen LogP contribution in [0.25, 0.3) is 0 Å². The standard InChI is InChI=1S/CHF3O3S.K.Na.2H/c2-1(3,4)8(5,6)7;;;;/h(H,5,6,7);;;;. The first-order valence-electron chi connectivity index (χ1n) is 1.29. The molecule has 0 aromatic carbocycles. The van der Waals surface area contributed by atoms with E-state index in [4.69, 9.17) is 13.0 Å². The van der Waals surface area contributed by atoms with Crippen LogP contribution in [0.4, 0.5) is 13.2 Å². The third-order valence-electron chi connectivity index (χ3n) is 0.292. The summed E-state index contributed by atoms with van der Waals surface area (Å²) in [7, 11) is -5.84. The Bertz CT molecular complexity index is 173. The van der Waals surface area contributed by atoms with Gasteiger partial charge in [0, 0.05) is 0 Å². The van der Waals surface area contributed by atoms with Gasteiger partial charge in [0.1, 0.15) is 0 Å². The average molecular weight is 214 g/mol. The zero-order valence-corrected chi connectivity index (χ0v) is 4.12. The summed E-state index contributed by atoms with van der Waals surface area (Å²) in [6, 6.07) is 0. The van der Waals surface area contributed by atoms with Crippen LogP contribution in [-0.4, -0.2) is 99.4 Å². The van der Waals surface area contributed by atoms with Crippen molar-refractivity contribution >= 4 is 91.1 Å². The summed E-state index contributed by atoms with van der Waals surface area (Å²) in [6.07, 6.45) is 0. The van der Waals surface area contributed by atoms with E-state index in [1.807, 2.05) is 0 Å². The summed E-state index contributed by atoms with van der Waals surface area (Å²) in [4.78, 5) is 0. The number of halogens is 3. The fourth-order valence-electron chi connectivity index (χ4n) is 0. The van der Waals surface area contributed by atoms with Crippen LogP contribution in [0.2, 0.25) is 0 Å². The van der Waals surface area contributed by atoms with Crippen molar-refractivity contribution in [2.75, 3.05) is 0 Å². The normalized spacial score (nSPS) is 11.2. The van der Waals surface area contributed by atoms with Crippen molar-refractivity contribution in [2.45, 2.75) is 5.51 Å². The molecule has 3 nitrogen and oxygen atoms in total. The van der Waals surface area contributed by atoms with Gasteiger partial charge in [0.05, 0.1) is 0 Å². The van der Waals surface area contributed by atoms with Gasteiger partial charge in [-0.15, -0.1) is 0 Å². The molecule has 0 aliphatic heterocycles. The van der Waals surface area contributed by atoms with Gasteiger partial charge in [-0.1, -0.05) is 0 Å². The maximum absolute atomic E-state index is 10.7. The van der Waals surface area contributed by atoms with Crippen molar-refractivity contribution in [1.29, 1.82) is 0 Å². The van der Waals surface area contributed by atoms with E-state index in [1.165, 1.54) is 0 Å². The second-order valence-electron chi connectivity index (χ2n) is 0.921. The van der Waals surface area contributed by atoms with Crippen LogP contribution in [0.5, 0.6) is 0 Å². The molecular formula is CH3F3KNaO3S. The minimum absolute atomic E-state index is 0. The number of alkyl halides is 3. The first-order chi connectivity index (χ1) is 3.25. The predicted molar refractivity (Wildman–Crippen MR) is 31.9 cm³/mol. The van der Waals surface area contributed by atoms with Crippen molar-refractivity contribution in [3.63, 3.8) is 0 Å². The summed E-state index contributed by atoms with van der Waals surface area (Å²) >= 11 is 0.